The number of pyridine rings is 1. The molecule has 5 rings (SSSR count). The summed E-state index contributed by atoms with van der Waals surface area (Å²) in [5, 5.41) is 6.38. The second-order valence-corrected chi connectivity index (χ2v) is 10.5. The minimum absolute atomic E-state index is 0.0277. The van der Waals surface area contributed by atoms with Crippen molar-refractivity contribution >= 4 is 11.8 Å². The fraction of sp³-hybridized carbons (Fsp3) is 0.267. The minimum Gasteiger partial charge on any atom is -0.366 e. The molecule has 0 radical (unpaired) electrons. The van der Waals surface area contributed by atoms with Gasteiger partial charge in [0, 0.05) is 42.9 Å². The summed E-state index contributed by atoms with van der Waals surface area (Å²) in [5.74, 6) is -4.40. The number of halogens is 6. The maximum atomic E-state index is 14.3. The Morgan fingerprint density at radius 1 is 1.07 bits per heavy atom. The second-order valence-electron chi connectivity index (χ2n) is 10.5. The molecule has 2 aromatic carbocycles. The summed E-state index contributed by atoms with van der Waals surface area (Å²) in [7, 11) is 1.74. The van der Waals surface area contributed by atoms with Crippen molar-refractivity contribution in [1.29, 1.82) is 0 Å². The Morgan fingerprint density at radius 2 is 1.80 bits per heavy atom. The summed E-state index contributed by atoms with van der Waals surface area (Å²) < 4.78 is 84.9. The van der Waals surface area contributed by atoms with Crippen LogP contribution in [0.1, 0.15) is 44.6 Å². The Hall–Kier alpha value is -4.72. The Morgan fingerprint density at radius 3 is 2.48 bits per heavy atom. The average molecular weight is 617 g/mol. The highest BCUT2D eigenvalue weighted by Gasteiger charge is 2.40. The number of alkyl halides is 3. The van der Waals surface area contributed by atoms with Crippen LogP contribution in [0.15, 0.2) is 54.7 Å². The lowest BCUT2D eigenvalue weighted by atomic mass is 9.95. The molecule has 3 heterocycles. The molecule has 0 fully saturated rings. The number of amides is 2. The first-order valence-electron chi connectivity index (χ1n) is 13.4. The van der Waals surface area contributed by atoms with Crippen LogP contribution in [0.4, 0.5) is 26.3 Å². The standard InChI is InChI=1S/C30H26F6N6O2/c1-41-8-6-21-26(14-41)42(40-28(21)30(34,35)36)15-27(43)39-24(17-9-18(31)12-19(32)10-17)13-25-20(3-2-7-38-25)16-4-5-23(33)22(11-16)29(37)44/h2-5,7,9-12,24H,6,8,13-15H2,1H3,(H2,37,44)(H,39,43). The first-order valence-corrected chi connectivity index (χ1v) is 13.4. The van der Waals surface area contributed by atoms with Crippen LogP contribution in [0.3, 0.4) is 0 Å². The van der Waals surface area contributed by atoms with Crippen LogP contribution in [-0.4, -0.2) is 45.1 Å². The molecule has 0 saturated carbocycles. The van der Waals surface area contributed by atoms with Gasteiger partial charge in [-0.2, -0.15) is 18.3 Å². The summed E-state index contributed by atoms with van der Waals surface area (Å²) in [6.45, 7) is -0.0510. The minimum atomic E-state index is -4.71. The van der Waals surface area contributed by atoms with Crippen molar-refractivity contribution in [3.05, 3.63) is 106 Å². The number of nitrogens with one attached hydrogen (secondary N) is 1. The van der Waals surface area contributed by atoms with E-state index < -0.39 is 53.7 Å². The third-order valence-electron chi connectivity index (χ3n) is 7.34. The van der Waals surface area contributed by atoms with Gasteiger partial charge in [0.05, 0.1) is 23.0 Å². The predicted molar refractivity (Wildman–Crippen MR) is 146 cm³/mol. The van der Waals surface area contributed by atoms with Crippen LogP contribution in [0, 0.1) is 17.5 Å². The lowest BCUT2D eigenvalue weighted by Gasteiger charge is -2.24. The van der Waals surface area contributed by atoms with Gasteiger partial charge in [0.2, 0.25) is 5.91 Å². The van der Waals surface area contributed by atoms with Gasteiger partial charge in [-0.25, -0.2) is 13.2 Å². The van der Waals surface area contributed by atoms with Crippen molar-refractivity contribution in [3.8, 4) is 11.1 Å². The van der Waals surface area contributed by atoms with E-state index in [9.17, 15) is 35.9 Å². The summed E-state index contributed by atoms with van der Waals surface area (Å²) in [6, 6.07) is 8.49. The number of rotatable bonds is 8. The number of carbonyl (C=O) groups excluding carboxylic acids is 2. The molecule has 1 atom stereocenters. The number of nitrogens with two attached hydrogens (primary N) is 1. The normalized spacial score (nSPS) is 14.2. The molecular weight excluding hydrogens is 590 g/mol. The van der Waals surface area contributed by atoms with Crippen molar-refractivity contribution in [2.75, 3.05) is 13.6 Å². The summed E-state index contributed by atoms with van der Waals surface area (Å²) in [6.07, 6.45) is -3.31. The van der Waals surface area contributed by atoms with E-state index in [4.69, 9.17) is 5.73 Å². The van der Waals surface area contributed by atoms with Gasteiger partial charge in [-0.1, -0.05) is 12.1 Å². The molecule has 1 aliphatic heterocycles. The van der Waals surface area contributed by atoms with Crippen LogP contribution in [0.5, 0.6) is 0 Å². The van der Waals surface area contributed by atoms with E-state index in [1.807, 2.05) is 0 Å². The Labute approximate surface area is 247 Å². The SMILES string of the molecule is CN1CCc2c(C(F)(F)F)nn(CC(=O)NC(Cc3ncccc3-c3ccc(F)c(C(N)=O)c3)c3cc(F)cc(F)c3)c2C1. The molecule has 1 aliphatic rings. The second kappa shape index (κ2) is 12.1. The molecule has 2 amide bonds. The fourth-order valence-electron chi connectivity index (χ4n) is 5.31. The van der Waals surface area contributed by atoms with Crippen LogP contribution >= 0.6 is 0 Å². The largest absolute Gasteiger partial charge is 0.435 e. The number of aromatic nitrogens is 3. The molecule has 3 N–H and O–H groups in total. The number of primary amides is 1. The number of carbonyl (C=O) groups is 2. The van der Waals surface area contributed by atoms with Crippen molar-refractivity contribution in [1.82, 2.24) is 25.0 Å². The Kier molecular flexibility index (Phi) is 8.46. The molecule has 230 valence electrons. The fourth-order valence-corrected chi connectivity index (χ4v) is 5.31. The van der Waals surface area contributed by atoms with Gasteiger partial charge in [-0.3, -0.25) is 19.3 Å². The molecule has 0 spiro atoms. The number of nitrogens with zero attached hydrogens (tertiary/aromatic N) is 4. The topological polar surface area (TPSA) is 106 Å². The predicted octanol–water partition coefficient (Wildman–Crippen LogP) is 4.57. The third kappa shape index (κ3) is 6.59. The number of benzene rings is 2. The first-order chi connectivity index (χ1) is 20.8. The summed E-state index contributed by atoms with van der Waals surface area (Å²) in [4.78, 5) is 31.2. The zero-order chi connectivity index (χ0) is 31.8. The third-order valence-corrected chi connectivity index (χ3v) is 7.34. The monoisotopic (exact) mass is 616 g/mol. The van der Waals surface area contributed by atoms with Gasteiger partial charge in [0.25, 0.3) is 5.91 Å². The highest BCUT2D eigenvalue weighted by molar-refractivity contribution is 5.94. The molecular formula is C30H26F6N6O2. The molecule has 4 aromatic rings. The van der Waals surface area contributed by atoms with Crippen LogP contribution < -0.4 is 11.1 Å². The van der Waals surface area contributed by atoms with E-state index in [2.05, 4.69) is 15.4 Å². The lowest BCUT2D eigenvalue weighted by Crippen LogP contribution is -2.35. The Bertz CT molecular complexity index is 1720. The number of hydrogen-bond acceptors (Lipinski definition) is 5. The quantitative estimate of drug-likeness (QED) is 0.282. The highest BCUT2D eigenvalue weighted by Crippen LogP contribution is 2.35. The molecule has 0 aliphatic carbocycles. The maximum Gasteiger partial charge on any atom is 0.435 e. The molecule has 0 saturated heterocycles. The molecule has 1 unspecified atom stereocenters. The molecule has 0 bridgehead atoms. The van der Waals surface area contributed by atoms with Crippen molar-refractivity contribution < 1.29 is 35.9 Å². The van der Waals surface area contributed by atoms with E-state index in [1.54, 1.807) is 24.1 Å². The van der Waals surface area contributed by atoms with Gasteiger partial charge < -0.3 is 16.0 Å². The first kappa shape index (κ1) is 30.7. The lowest BCUT2D eigenvalue weighted by molar-refractivity contribution is -0.142. The number of likely N-dealkylation sites (N-methyl/N-ethyl adjacent to an activating group) is 1. The maximum absolute atomic E-state index is 14.3. The average Bonchev–Trinajstić information content (AvgIpc) is 3.30. The smallest absolute Gasteiger partial charge is 0.366 e. The zero-order valence-corrected chi connectivity index (χ0v) is 23.3. The summed E-state index contributed by atoms with van der Waals surface area (Å²) in [5.41, 5.74) is 5.29. The summed E-state index contributed by atoms with van der Waals surface area (Å²) >= 11 is 0. The van der Waals surface area contributed by atoms with Gasteiger partial charge in [-0.05, 0) is 54.9 Å². The van der Waals surface area contributed by atoms with Gasteiger partial charge in [0.15, 0.2) is 5.69 Å². The molecule has 14 heteroatoms. The van der Waals surface area contributed by atoms with E-state index in [-0.39, 0.29) is 41.8 Å². The van der Waals surface area contributed by atoms with Crippen molar-refractivity contribution in [2.24, 2.45) is 5.73 Å². The van der Waals surface area contributed by atoms with E-state index >= 15 is 0 Å². The molecule has 8 nitrogen and oxygen atoms in total. The molecule has 44 heavy (non-hydrogen) atoms. The highest BCUT2D eigenvalue weighted by atomic mass is 19.4. The van der Waals surface area contributed by atoms with Crippen molar-refractivity contribution in [2.45, 2.75) is 38.1 Å². The zero-order valence-electron chi connectivity index (χ0n) is 23.3. The molecule has 2 aromatic heterocycles. The number of hydrogen-bond donors (Lipinski definition) is 2. The van der Waals surface area contributed by atoms with Crippen LogP contribution in [-0.2, 0) is 36.9 Å². The van der Waals surface area contributed by atoms with Gasteiger partial charge in [0.1, 0.15) is 24.0 Å². The van der Waals surface area contributed by atoms with E-state index in [0.717, 1.165) is 22.9 Å². The number of fused-ring (bicyclic) bond motifs is 1. The van der Waals surface area contributed by atoms with Crippen LogP contribution in [0.2, 0.25) is 0 Å². The van der Waals surface area contributed by atoms with E-state index in [0.29, 0.717) is 29.4 Å². The Balaban J connectivity index is 1.49. The van der Waals surface area contributed by atoms with Crippen LogP contribution in [0.25, 0.3) is 11.1 Å². The van der Waals surface area contributed by atoms with Gasteiger partial charge in [-0.15, -0.1) is 0 Å². The van der Waals surface area contributed by atoms with Crippen molar-refractivity contribution in [3.63, 3.8) is 0 Å². The van der Waals surface area contributed by atoms with E-state index in [1.165, 1.54) is 18.3 Å². The van der Waals surface area contributed by atoms with Gasteiger partial charge >= 0.3 is 6.18 Å².